The summed E-state index contributed by atoms with van der Waals surface area (Å²) >= 11 is 0. The maximum atomic E-state index is 5.04. The van der Waals surface area contributed by atoms with Crippen LogP contribution in [0.4, 0.5) is 11.4 Å². The minimum Gasteiger partial charge on any atom is -0.481 e. The molecule has 0 aliphatic carbocycles. The molecule has 1 fully saturated rings. The van der Waals surface area contributed by atoms with Gasteiger partial charge >= 0.3 is 0 Å². The minimum absolute atomic E-state index is 0.602. The lowest BCUT2D eigenvalue weighted by Gasteiger charge is -2.28. The molecule has 0 bridgehead atoms. The maximum absolute atomic E-state index is 5.04. The highest BCUT2D eigenvalue weighted by Gasteiger charge is 2.10. The summed E-state index contributed by atoms with van der Waals surface area (Å²) in [6, 6.07) is 12.3. The predicted molar refractivity (Wildman–Crippen MR) is 90.5 cm³/mol. The highest BCUT2D eigenvalue weighted by molar-refractivity contribution is 5.82. The van der Waals surface area contributed by atoms with Crippen molar-refractivity contribution in [2.24, 2.45) is 4.99 Å². The monoisotopic (exact) mass is 295 g/mol. The number of nitrogens with zero attached hydrogens (tertiary/aromatic N) is 3. The normalized spacial score (nSPS) is 15.2. The summed E-state index contributed by atoms with van der Waals surface area (Å²) < 4.78 is 5.04. The molecule has 0 radical (unpaired) electrons. The first-order chi connectivity index (χ1) is 10.8. The van der Waals surface area contributed by atoms with Crippen LogP contribution >= 0.6 is 0 Å². The van der Waals surface area contributed by atoms with Crippen LogP contribution in [-0.4, -0.2) is 31.4 Å². The number of rotatable bonds is 4. The number of ether oxygens (including phenoxy) is 1. The van der Waals surface area contributed by atoms with Crippen molar-refractivity contribution in [3.05, 3.63) is 48.2 Å². The smallest absolute Gasteiger partial charge is 0.213 e. The van der Waals surface area contributed by atoms with Crippen molar-refractivity contribution in [3.8, 4) is 5.88 Å². The number of methoxy groups -OCH3 is 1. The van der Waals surface area contributed by atoms with Crippen LogP contribution in [0.3, 0.4) is 0 Å². The van der Waals surface area contributed by atoms with E-state index < -0.39 is 0 Å². The fraction of sp³-hybridized carbons (Fsp3) is 0.333. The lowest BCUT2D eigenvalue weighted by atomic mass is 10.1. The Morgan fingerprint density at radius 1 is 1.05 bits per heavy atom. The average Bonchev–Trinajstić information content (AvgIpc) is 2.61. The third kappa shape index (κ3) is 3.64. The van der Waals surface area contributed by atoms with E-state index in [9.17, 15) is 0 Å². The maximum Gasteiger partial charge on any atom is 0.213 e. The van der Waals surface area contributed by atoms with Gasteiger partial charge in [-0.3, -0.25) is 4.99 Å². The van der Waals surface area contributed by atoms with Gasteiger partial charge in [0.25, 0.3) is 0 Å². The van der Waals surface area contributed by atoms with Crippen molar-refractivity contribution >= 4 is 17.6 Å². The van der Waals surface area contributed by atoms with E-state index in [0.717, 1.165) is 11.3 Å². The Morgan fingerprint density at radius 3 is 2.45 bits per heavy atom. The van der Waals surface area contributed by atoms with E-state index in [-0.39, 0.29) is 0 Å². The first-order valence-corrected chi connectivity index (χ1v) is 7.74. The number of anilines is 1. The van der Waals surface area contributed by atoms with E-state index in [1.54, 1.807) is 13.3 Å². The number of hydrogen-bond acceptors (Lipinski definition) is 4. The summed E-state index contributed by atoms with van der Waals surface area (Å²) in [4.78, 5) is 11.0. The molecule has 1 aromatic carbocycles. The van der Waals surface area contributed by atoms with Gasteiger partial charge in [-0.05, 0) is 43.0 Å². The zero-order valence-electron chi connectivity index (χ0n) is 12.9. The number of benzene rings is 1. The van der Waals surface area contributed by atoms with Gasteiger partial charge in [-0.15, -0.1) is 0 Å². The number of hydrogen-bond donors (Lipinski definition) is 0. The van der Waals surface area contributed by atoms with Gasteiger partial charge in [-0.1, -0.05) is 12.1 Å². The van der Waals surface area contributed by atoms with Crippen molar-refractivity contribution in [3.63, 3.8) is 0 Å². The Bertz CT molecular complexity index is 614. The lowest BCUT2D eigenvalue weighted by Crippen LogP contribution is -2.29. The Hall–Kier alpha value is -2.36. The van der Waals surface area contributed by atoms with Gasteiger partial charge in [0.2, 0.25) is 5.88 Å². The van der Waals surface area contributed by atoms with Gasteiger partial charge in [-0.2, -0.15) is 0 Å². The van der Waals surface area contributed by atoms with Crippen LogP contribution in [0.1, 0.15) is 24.8 Å². The van der Waals surface area contributed by atoms with Crippen LogP contribution in [0.5, 0.6) is 5.88 Å². The average molecular weight is 295 g/mol. The Morgan fingerprint density at radius 2 is 1.82 bits per heavy atom. The summed E-state index contributed by atoms with van der Waals surface area (Å²) in [6.45, 7) is 2.34. The molecule has 1 aliphatic heterocycles. The van der Waals surface area contributed by atoms with Crippen LogP contribution < -0.4 is 9.64 Å². The van der Waals surface area contributed by atoms with Crippen molar-refractivity contribution in [2.75, 3.05) is 25.1 Å². The van der Waals surface area contributed by atoms with Crippen molar-refractivity contribution in [1.29, 1.82) is 0 Å². The van der Waals surface area contributed by atoms with Crippen molar-refractivity contribution in [1.82, 2.24) is 4.98 Å². The van der Waals surface area contributed by atoms with Crippen LogP contribution in [0.25, 0.3) is 0 Å². The predicted octanol–water partition coefficient (Wildman–Crippen LogP) is 3.83. The molecule has 3 rings (SSSR count). The quantitative estimate of drug-likeness (QED) is 0.804. The summed E-state index contributed by atoms with van der Waals surface area (Å²) in [5, 5.41) is 0. The molecule has 1 aromatic heterocycles. The second-order valence-corrected chi connectivity index (χ2v) is 5.46. The number of piperidine rings is 1. The molecule has 0 spiro atoms. The van der Waals surface area contributed by atoms with E-state index in [1.165, 1.54) is 38.0 Å². The molecular formula is C18H21N3O. The standard InChI is InChI=1S/C18H21N3O/c1-22-18-10-7-16(14-20-18)19-13-15-5-8-17(9-6-15)21-11-3-2-4-12-21/h5-10,13-14H,2-4,11-12H2,1H3. The highest BCUT2D eigenvalue weighted by Crippen LogP contribution is 2.20. The van der Waals surface area contributed by atoms with Crippen molar-refractivity contribution in [2.45, 2.75) is 19.3 Å². The van der Waals surface area contributed by atoms with Crippen LogP contribution in [0.2, 0.25) is 0 Å². The molecule has 0 amide bonds. The molecule has 4 heteroatoms. The van der Waals surface area contributed by atoms with Gasteiger partial charge in [-0.25, -0.2) is 4.98 Å². The third-order valence-corrected chi connectivity index (χ3v) is 3.91. The second kappa shape index (κ2) is 7.07. The van der Waals surface area contributed by atoms with Gasteiger partial charge in [0.15, 0.2) is 0 Å². The molecule has 1 saturated heterocycles. The molecule has 114 valence electrons. The minimum atomic E-state index is 0.602. The fourth-order valence-corrected chi connectivity index (χ4v) is 2.64. The van der Waals surface area contributed by atoms with Gasteiger partial charge < -0.3 is 9.64 Å². The summed E-state index contributed by atoms with van der Waals surface area (Å²) in [6.07, 6.45) is 7.53. The van der Waals surface area contributed by atoms with Crippen LogP contribution in [-0.2, 0) is 0 Å². The molecule has 0 atom stereocenters. The molecule has 2 heterocycles. The fourth-order valence-electron chi connectivity index (χ4n) is 2.64. The van der Waals surface area contributed by atoms with E-state index in [4.69, 9.17) is 4.74 Å². The molecule has 0 saturated carbocycles. The largest absolute Gasteiger partial charge is 0.481 e. The Balaban J connectivity index is 1.65. The number of pyridine rings is 1. The topological polar surface area (TPSA) is 37.7 Å². The number of aromatic nitrogens is 1. The zero-order valence-corrected chi connectivity index (χ0v) is 12.9. The van der Waals surface area contributed by atoms with Gasteiger partial charge in [0, 0.05) is 31.1 Å². The SMILES string of the molecule is COc1ccc(N=Cc2ccc(N3CCCCC3)cc2)cn1. The highest BCUT2D eigenvalue weighted by atomic mass is 16.5. The lowest BCUT2D eigenvalue weighted by molar-refractivity contribution is 0.398. The summed E-state index contributed by atoms with van der Waals surface area (Å²) in [7, 11) is 1.61. The second-order valence-electron chi connectivity index (χ2n) is 5.46. The van der Waals surface area contributed by atoms with Crippen molar-refractivity contribution < 1.29 is 4.74 Å². The van der Waals surface area contributed by atoms with E-state index in [0.29, 0.717) is 5.88 Å². The molecule has 2 aromatic rings. The summed E-state index contributed by atoms with van der Waals surface area (Å²) in [5.41, 5.74) is 3.22. The van der Waals surface area contributed by atoms with E-state index in [2.05, 4.69) is 39.1 Å². The van der Waals surface area contributed by atoms with Gasteiger partial charge in [0.1, 0.15) is 0 Å². The molecule has 0 N–H and O–H groups in total. The first kappa shape index (κ1) is 14.6. The molecular weight excluding hydrogens is 274 g/mol. The van der Waals surface area contributed by atoms with Crippen LogP contribution in [0.15, 0.2) is 47.6 Å². The molecule has 4 nitrogen and oxygen atoms in total. The molecule has 1 aliphatic rings. The van der Waals surface area contributed by atoms with E-state index in [1.807, 2.05) is 18.3 Å². The Labute approximate surface area is 131 Å². The van der Waals surface area contributed by atoms with E-state index >= 15 is 0 Å². The van der Waals surface area contributed by atoms with Crippen LogP contribution in [0, 0.1) is 0 Å². The Kier molecular flexibility index (Phi) is 4.68. The summed E-state index contributed by atoms with van der Waals surface area (Å²) in [5.74, 6) is 0.602. The molecule has 22 heavy (non-hydrogen) atoms. The molecule has 0 unspecified atom stereocenters. The van der Waals surface area contributed by atoms with Gasteiger partial charge in [0.05, 0.1) is 19.0 Å². The number of aliphatic imine (C=N–C) groups is 1. The zero-order chi connectivity index (χ0) is 15.2. The first-order valence-electron chi connectivity index (χ1n) is 7.74. The third-order valence-electron chi connectivity index (χ3n) is 3.91.